The number of amides is 1. The van der Waals surface area contributed by atoms with Crippen molar-refractivity contribution in [3.05, 3.63) is 0 Å². The molecule has 2 unspecified atom stereocenters. The largest absolute Gasteiger partial charge is 0.340 e. The second-order valence-corrected chi connectivity index (χ2v) is 3.36. The van der Waals surface area contributed by atoms with E-state index in [9.17, 15) is 4.79 Å². The molecule has 0 aromatic heterocycles. The molecule has 1 rings (SSSR count). The molecule has 0 aliphatic carbocycles. The second-order valence-electron chi connectivity index (χ2n) is 3.36. The lowest BCUT2D eigenvalue weighted by Gasteiger charge is -2.35. The summed E-state index contributed by atoms with van der Waals surface area (Å²) in [7, 11) is 0. The van der Waals surface area contributed by atoms with Gasteiger partial charge in [-0.1, -0.05) is 0 Å². The number of rotatable bonds is 2. The van der Waals surface area contributed by atoms with E-state index in [1.807, 2.05) is 19.9 Å². The molecule has 1 fully saturated rings. The molecule has 13 heavy (non-hydrogen) atoms. The van der Waals surface area contributed by atoms with Crippen LogP contribution in [0.3, 0.4) is 0 Å². The number of likely N-dealkylation sites (N-methyl/N-ethyl adjacent to an activating group) is 1. The van der Waals surface area contributed by atoms with Crippen molar-refractivity contribution in [2.45, 2.75) is 32.4 Å². The van der Waals surface area contributed by atoms with Crippen LogP contribution in [0, 0.1) is 11.3 Å². The van der Waals surface area contributed by atoms with Crippen molar-refractivity contribution in [1.29, 1.82) is 5.26 Å². The Kier molecular flexibility index (Phi) is 3.26. The third-order valence-electron chi connectivity index (χ3n) is 2.27. The Morgan fingerprint density at radius 1 is 1.77 bits per heavy atom. The maximum Gasteiger partial charge on any atom is 0.240 e. The van der Waals surface area contributed by atoms with Crippen molar-refractivity contribution in [1.82, 2.24) is 10.2 Å². The third kappa shape index (κ3) is 2.19. The van der Waals surface area contributed by atoms with E-state index in [0.717, 1.165) is 13.1 Å². The number of carbonyl (C=O) groups excluding carboxylic acids is 1. The number of hydrogen-bond donors (Lipinski definition) is 1. The highest BCUT2D eigenvalue weighted by Gasteiger charge is 2.30. The normalized spacial score (nSPS) is 28.7. The topological polar surface area (TPSA) is 56.1 Å². The van der Waals surface area contributed by atoms with Crippen LogP contribution in [0.25, 0.3) is 0 Å². The minimum absolute atomic E-state index is 0.0575. The quantitative estimate of drug-likeness (QED) is 0.657. The van der Waals surface area contributed by atoms with E-state index in [1.54, 1.807) is 4.90 Å². The van der Waals surface area contributed by atoms with Gasteiger partial charge in [0.25, 0.3) is 0 Å². The summed E-state index contributed by atoms with van der Waals surface area (Å²) in [6.07, 6.45) is 0.264. The van der Waals surface area contributed by atoms with Gasteiger partial charge in [0.15, 0.2) is 0 Å². The zero-order valence-corrected chi connectivity index (χ0v) is 8.08. The molecular weight excluding hydrogens is 166 g/mol. The minimum atomic E-state index is -0.298. The van der Waals surface area contributed by atoms with Gasteiger partial charge in [-0.05, 0) is 13.8 Å². The molecule has 0 saturated carbocycles. The first-order valence-electron chi connectivity index (χ1n) is 4.60. The molecule has 1 heterocycles. The second kappa shape index (κ2) is 4.24. The first kappa shape index (κ1) is 10.0. The molecule has 2 atom stereocenters. The summed E-state index contributed by atoms with van der Waals surface area (Å²) in [4.78, 5) is 13.4. The monoisotopic (exact) mass is 181 g/mol. The Morgan fingerprint density at radius 2 is 2.46 bits per heavy atom. The fourth-order valence-electron chi connectivity index (χ4n) is 1.63. The fraction of sp³-hybridized carbons (Fsp3) is 0.778. The smallest absolute Gasteiger partial charge is 0.240 e. The van der Waals surface area contributed by atoms with E-state index in [-0.39, 0.29) is 24.4 Å². The lowest BCUT2D eigenvalue weighted by molar-refractivity contribution is -0.136. The van der Waals surface area contributed by atoms with Crippen LogP contribution in [0.15, 0.2) is 0 Å². The first-order chi connectivity index (χ1) is 6.19. The van der Waals surface area contributed by atoms with E-state index in [2.05, 4.69) is 5.32 Å². The molecule has 1 aliphatic heterocycles. The van der Waals surface area contributed by atoms with E-state index >= 15 is 0 Å². The van der Waals surface area contributed by atoms with Crippen molar-refractivity contribution in [3.63, 3.8) is 0 Å². The molecule has 0 radical (unpaired) electrons. The van der Waals surface area contributed by atoms with Gasteiger partial charge in [-0.25, -0.2) is 0 Å². The number of nitrogens with one attached hydrogen (secondary N) is 1. The highest BCUT2D eigenvalue weighted by atomic mass is 16.2. The number of hydrogen-bond acceptors (Lipinski definition) is 3. The minimum Gasteiger partial charge on any atom is -0.340 e. The van der Waals surface area contributed by atoms with Crippen LogP contribution >= 0.6 is 0 Å². The number of nitriles is 1. The van der Waals surface area contributed by atoms with Crippen LogP contribution in [0.1, 0.15) is 20.3 Å². The number of nitrogens with zero attached hydrogens (tertiary/aromatic N) is 2. The lowest BCUT2D eigenvalue weighted by atomic mass is 10.1. The van der Waals surface area contributed by atoms with Crippen LogP contribution < -0.4 is 5.32 Å². The van der Waals surface area contributed by atoms with Gasteiger partial charge in [0.2, 0.25) is 5.91 Å². The molecule has 0 aromatic carbocycles. The van der Waals surface area contributed by atoms with Crippen LogP contribution in [0.2, 0.25) is 0 Å². The van der Waals surface area contributed by atoms with E-state index in [0.29, 0.717) is 0 Å². The van der Waals surface area contributed by atoms with Crippen LogP contribution in [-0.2, 0) is 4.79 Å². The maximum atomic E-state index is 11.6. The van der Waals surface area contributed by atoms with Gasteiger partial charge in [0.1, 0.15) is 6.04 Å². The molecule has 4 heteroatoms. The highest BCUT2D eigenvalue weighted by Crippen LogP contribution is 2.07. The summed E-state index contributed by atoms with van der Waals surface area (Å²) >= 11 is 0. The van der Waals surface area contributed by atoms with Crippen LogP contribution in [0.4, 0.5) is 0 Å². The molecule has 1 aliphatic rings. The third-order valence-corrected chi connectivity index (χ3v) is 2.27. The van der Waals surface area contributed by atoms with E-state index in [4.69, 9.17) is 5.26 Å². The summed E-state index contributed by atoms with van der Waals surface area (Å²) in [5.41, 5.74) is 0. The Labute approximate surface area is 78.5 Å². The Morgan fingerprint density at radius 3 is 3.00 bits per heavy atom. The molecule has 1 amide bonds. The summed E-state index contributed by atoms with van der Waals surface area (Å²) in [6, 6.07) is 2.01. The SMILES string of the molecule is CCN1CC(C)NC(CC#N)C1=O. The average molecular weight is 181 g/mol. The van der Waals surface area contributed by atoms with Gasteiger partial charge >= 0.3 is 0 Å². The Hall–Kier alpha value is -1.08. The van der Waals surface area contributed by atoms with Crippen molar-refractivity contribution in [2.75, 3.05) is 13.1 Å². The Bertz CT molecular complexity index is 234. The molecule has 0 aromatic rings. The van der Waals surface area contributed by atoms with E-state index in [1.165, 1.54) is 0 Å². The van der Waals surface area contributed by atoms with Gasteiger partial charge < -0.3 is 10.2 Å². The van der Waals surface area contributed by atoms with E-state index < -0.39 is 0 Å². The summed E-state index contributed by atoms with van der Waals surface area (Å²) in [5.74, 6) is 0.0575. The summed E-state index contributed by atoms with van der Waals surface area (Å²) in [6.45, 7) is 5.46. The van der Waals surface area contributed by atoms with Crippen molar-refractivity contribution in [2.24, 2.45) is 0 Å². The van der Waals surface area contributed by atoms with Crippen molar-refractivity contribution >= 4 is 5.91 Å². The standard InChI is InChI=1S/C9H15N3O/c1-3-12-6-7(2)11-8(4-5-10)9(12)13/h7-8,11H,3-4,6H2,1-2H3. The molecule has 1 N–H and O–H groups in total. The molecule has 0 spiro atoms. The zero-order valence-electron chi connectivity index (χ0n) is 8.08. The first-order valence-corrected chi connectivity index (χ1v) is 4.60. The Balaban J connectivity index is 2.64. The summed E-state index contributed by atoms with van der Waals surface area (Å²) in [5, 5.41) is 11.6. The van der Waals surface area contributed by atoms with Gasteiger partial charge in [-0.15, -0.1) is 0 Å². The van der Waals surface area contributed by atoms with Crippen LogP contribution in [0.5, 0.6) is 0 Å². The molecule has 1 saturated heterocycles. The average Bonchev–Trinajstić information content (AvgIpc) is 2.11. The van der Waals surface area contributed by atoms with Gasteiger partial charge in [-0.2, -0.15) is 5.26 Å². The highest BCUT2D eigenvalue weighted by molar-refractivity contribution is 5.83. The van der Waals surface area contributed by atoms with Gasteiger partial charge in [0, 0.05) is 19.1 Å². The summed E-state index contributed by atoms with van der Waals surface area (Å²) < 4.78 is 0. The molecule has 0 bridgehead atoms. The number of piperazine rings is 1. The van der Waals surface area contributed by atoms with Gasteiger partial charge in [0.05, 0.1) is 12.5 Å². The lowest BCUT2D eigenvalue weighted by Crippen LogP contribution is -2.58. The predicted molar refractivity (Wildman–Crippen MR) is 48.9 cm³/mol. The zero-order chi connectivity index (χ0) is 9.84. The number of carbonyl (C=O) groups is 1. The molecular formula is C9H15N3O. The van der Waals surface area contributed by atoms with Crippen molar-refractivity contribution in [3.8, 4) is 6.07 Å². The molecule has 72 valence electrons. The van der Waals surface area contributed by atoms with Gasteiger partial charge in [-0.3, -0.25) is 4.79 Å². The fourth-order valence-corrected chi connectivity index (χ4v) is 1.63. The van der Waals surface area contributed by atoms with Crippen molar-refractivity contribution < 1.29 is 4.79 Å². The van der Waals surface area contributed by atoms with Crippen LogP contribution in [-0.4, -0.2) is 36.0 Å². The predicted octanol–water partition coefficient (Wildman–Crippen LogP) is 0.109. The molecule has 4 nitrogen and oxygen atoms in total. The maximum absolute atomic E-state index is 11.6.